The molecule has 0 aliphatic rings. The van der Waals surface area contributed by atoms with Crippen LogP contribution in [-0.2, 0) is 6.73 Å². The first-order chi connectivity index (χ1) is 9.74. The standard InChI is InChI=1S/C14H12N4O2/c15-10-5-7-11(8-6-10)20-9-18-14(19)12-3-1-2-4-13(12)16-17-18/h1-8H,9,15H2. The van der Waals surface area contributed by atoms with E-state index >= 15 is 0 Å². The molecule has 2 N–H and O–H groups in total. The van der Waals surface area contributed by atoms with Crippen molar-refractivity contribution >= 4 is 16.6 Å². The molecule has 0 spiro atoms. The van der Waals surface area contributed by atoms with E-state index in [1.807, 2.05) is 6.07 Å². The molecule has 3 rings (SSSR count). The summed E-state index contributed by atoms with van der Waals surface area (Å²) in [5, 5.41) is 8.34. The van der Waals surface area contributed by atoms with Crippen molar-refractivity contribution in [3.05, 3.63) is 58.9 Å². The number of nitrogen functional groups attached to an aromatic ring is 1. The van der Waals surface area contributed by atoms with E-state index in [0.29, 0.717) is 22.3 Å². The van der Waals surface area contributed by atoms with Gasteiger partial charge in [-0.3, -0.25) is 4.79 Å². The lowest BCUT2D eigenvalue weighted by Crippen LogP contribution is -2.26. The maximum Gasteiger partial charge on any atom is 0.280 e. The Labute approximate surface area is 114 Å². The lowest BCUT2D eigenvalue weighted by Gasteiger charge is -2.07. The number of anilines is 1. The topological polar surface area (TPSA) is 83.0 Å². The summed E-state index contributed by atoms with van der Waals surface area (Å²) < 4.78 is 6.66. The summed E-state index contributed by atoms with van der Waals surface area (Å²) in [7, 11) is 0. The van der Waals surface area contributed by atoms with E-state index in [0.717, 1.165) is 0 Å². The number of fused-ring (bicyclic) bond motifs is 1. The van der Waals surface area contributed by atoms with Gasteiger partial charge in [0.15, 0.2) is 6.73 Å². The van der Waals surface area contributed by atoms with Crippen LogP contribution >= 0.6 is 0 Å². The second kappa shape index (κ2) is 5.00. The molecule has 6 heteroatoms. The molecule has 0 aliphatic carbocycles. The van der Waals surface area contributed by atoms with Crippen molar-refractivity contribution in [3.8, 4) is 5.75 Å². The minimum absolute atomic E-state index is 0.000581. The van der Waals surface area contributed by atoms with E-state index < -0.39 is 0 Å². The molecular formula is C14H12N4O2. The summed E-state index contributed by atoms with van der Waals surface area (Å²) in [5.41, 5.74) is 6.58. The maximum atomic E-state index is 12.2. The first kappa shape index (κ1) is 12.2. The van der Waals surface area contributed by atoms with Gasteiger partial charge in [0.25, 0.3) is 5.56 Å². The lowest BCUT2D eigenvalue weighted by molar-refractivity contribution is 0.210. The Morgan fingerprint density at radius 1 is 1.10 bits per heavy atom. The predicted molar refractivity (Wildman–Crippen MR) is 75.3 cm³/mol. The highest BCUT2D eigenvalue weighted by Gasteiger charge is 2.05. The molecule has 0 amide bonds. The van der Waals surface area contributed by atoms with Crippen LogP contribution in [0.3, 0.4) is 0 Å². The highest BCUT2D eigenvalue weighted by Crippen LogP contribution is 2.13. The van der Waals surface area contributed by atoms with Gasteiger partial charge in [-0.05, 0) is 36.4 Å². The number of rotatable bonds is 3. The second-order valence-electron chi connectivity index (χ2n) is 4.25. The molecule has 0 aliphatic heterocycles. The molecule has 0 bridgehead atoms. The van der Waals surface area contributed by atoms with Crippen LogP contribution < -0.4 is 16.0 Å². The molecule has 0 fully saturated rings. The van der Waals surface area contributed by atoms with Crippen molar-refractivity contribution in [2.75, 3.05) is 5.73 Å². The number of nitrogens with zero attached hydrogens (tertiary/aromatic N) is 3. The zero-order valence-corrected chi connectivity index (χ0v) is 10.6. The average Bonchev–Trinajstić information content (AvgIpc) is 2.49. The Kier molecular flexibility index (Phi) is 3.04. The van der Waals surface area contributed by atoms with E-state index in [1.54, 1.807) is 42.5 Å². The van der Waals surface area contributed by atoms with Crippen molar-refractivity contribution in [1.29, 1.82) is 0 Å². The SMILES string of the molecule is Nc1ccc(OCn2nnc3ccccc3c2=O)cc1. The largest absolute Gasteiger partial charge is 0.471 e. The van der Waals surface area contributed by atoms with Crippen molar-refractivity contribution in [2.24, 2.45) is 0 Å². The molecule has 2 aromatic carbocycles. The summed E-state index contributed by atoms with van der Waals surface area (Å²) in [6, 6.07) is 14.0. The molecule has 0 radical (unpaired) electrons. The van der Waals surface area contributed by atoms with Gasteiger partial charge >= 0.3 is 0 Å². The number of hydrogen-bond acceptors (Lipinski definition) is 5. The normalized spacial score (nSPS) is 10.6. The van der Waals surface area contributed by atoms with Gasteiger partial charge in [-0.1, -0.05) is 17.3 Å². The molecular weight excluding hydrogens is 256 g/mol. The minimum atomic E-state index is -0.231. The van der Waals surface area contributed by atoms with Gasteiger partial charge in [-0.25, -0.2) is 0 Å². The fourth-order valence-electron chi connectivity index (χ4n) is 1.81. The summed E-state index contributed by atoms with van der Waals surface area (Å²) in [6.45, 7) is 0.000581. The van der Waals surface area contributed by atoms with Gasteiger partial charge in [0.1, 0.15) is 11.3 Å². The van der Waals surface area contributed by atoms with Crippen LogP contribution in [0.2, 0.25) is 0 Å². The van der Waals surface area contributed by atoms with E-state index in [1.165, 1.54) is 4.68 Å². The van der Waals surface area contributed by atoms with Crippen molar-refractivity contribution in [1.82, 2.24) is 15.0 Å². The van der Waals surface area contributed by atoms with Crippen LogP contribution in [-0.4, -0.2) is 15.0 Å². The van der Waals surface area contributed by atoms with Crippen molar-refractivity contribution in [3.63, 3.8) is 0 Å². The molecule has 6 nitrogen and oxygen atoms in total. The molecule has 100 valence electrons. The van der Waals surface area contributed by atoms with Gasteiger partial charge in [-0.15, -0.1) is 5.10 Å². The summed E-state index contributed by atoms with van der Waals surface area (Å²) in [6.07, 6.45) is 0. The smallest absolute Gasteiger partial charge is 0.280 e. The van der Waals surface area contributed by atoms with E-state index in [4.69, 9.17) is 10.5 Å². The molecule has 3 aromatic rings. The third-order valence-electron chi connectivity index (χ3n) is 2.86. The second-order valence-corrected chi connectivity index (χ2v) is 4.25. The van der Waals surface area contributed by atoms with Gasteiger partial charge < -0.3 is 10.5 Å². The molecule has 1 heterocycles. The van der Waals surface area contributed by atoms with Crippen LogP contribution in [0.25, 0.3) is 10.9 Å². The Bertz CT molecular complexity index is 796. The van der Waals surface area contributed by atoms with Crippen LogP contribution in [0.5, 0.6) is 5.75 Å². The molecule has 0 atom stereocenters. The summed E-state index contributed by atoms with van der Waals surface area (Å²) in [4.78, 5) is 12.2. The number of ether oxygens (including phenoxy) is 1. The van der Waals surface area contributed by atoms with E-state index in [-0.39, 0.29) is 12.3 Å². The zero-order valence-electron chi connectivity index (χ0n) is 10.6. The Hall–Kier alpha value is -2.89. The third kappa shape index (κ3) is 2.31. The van der Waals surface area contributed by atoms with Gasteiger partial charge in [0.05, 0.1) is 5.39 Å². The molecule has 0 unspecified atom stereocenters. The first-order valence-corrected chi connectivity index (χ1v) is 6.05. The number of benzene rings is 2. The highest BCUT2D eigenvalue weighted by atomic mass is 16.5. The zero-order chi connectivity index (χ0) is 13.9. The predicted octanol–water partition coefficient (Wildman–Crippen LogP) is 1.41. The van der Waals surface area contributed by atoms with E-state index in [2.05, 4.69) is 10.3 Å². The number of aromatic nitrogens is 3. The number of nitrogens with two attached hydrogens (primary N) is 1. The van der Waals surface area contributed by atoms with Crippen LogP contribution in [0.15, 0.2) is 53.3 Å². The Morgan fingerprint density at radius 3 is 2.65 bits per heavy atom. The summed E-state index contributed by atoms with van der Waals surface area (Å²) >= 11 is 0. The molecule has 20 heavy (non-hydrogen) atoms. The first-order valence-electron chi connectivity index (χ1n) is 6.05. The Balaban J connectivity index is 1.86. The molecule has 0 saturated carbocycles. The van der Waals surface area contributed by atoms with Crippen LogP contribution in [0.1, 0.15) is 0 Å². The van der Waals surface area contributed by atoms with Gasteiger partial charge in [0.2, 0.25) is 0 Å². The van der Waals surface area contributed by atoms with Gasteiger partial charge in [-0.2, -0.15) is 4.68 Å². The third-order valence-corrected chi connectivity index (χ3v) is 2.86. The minimum Gasteiger partial charge on any atom is -0.471 e. The maximum absolute atomic E-state index is 12.2. The van der Waals surface area contributed by atoms with E-state index in [9.17, 15) is 4.79 Å². The van der Waals surface area contributed by atoms with Crippen LogP contribution in [0, 0.1) is 0 Å². The monoisotopic (exact) mass is 268 g/mol. The lowest BCUT2D eigenvalue weighted by atomic mass is 10.2. The van der Waals surface area contributed by atoms with Gasteiger partial charge in [0, 0.05) is 5.69 Å². The average molecular weight is 268 g/mol. The quantitative estimate of drug-likeness (QED) is 0.726. The van der Waals surface area contributed by atoms with Crippen LogP contribution in [0.4, 0.5) is 5.69 Å². The fourth-order valence-corrected chi connectivity index (χ4v) is 1.81. The van der Waals surface area contributed by atoms with Crippen molar-refractivity contribution in [2.45, 2.75) is 6.73 Å². The van der Waals surface area contributed by atoms with Crippen molar-refractivity contribution < 1.29 is 4.74 Å². The summed E-state index contributed by atoms with van der Waals surface area (Å²) in [5.74, 6) is 0.612. The fraction of sp³-hybridized carbons (Fsp3) is 0.0714. The molecule has 0 saturated heterocycles. The highest BCUT2D eigenvalue weighted by molar-refractivity contribution is 5.76. The molecule has 1 aromatic heterocycles. The number of hydrogen-bond donors (Lipinski definition) is 1. The Morgan fingerprint density at radius 2 is 1.85 bits per heavy atom.